The van der Waals surface area contributed by atoms with E-state index in [1.165, 1.54) is 32.0 Å². The Balaban J connectivity index is 0.995. The third kappa shape index (κ3) is 16.6. The van der Waals surface area contributed by atoms with Crippen molar-refractivity contribution in [3.63, 3.8) is 0 Å². The van der Waals surface area contributed by atoms with Gasteiger partial charge in [-0.25, -0.2) is 28.6 Å². The van der Waals surface area contributed by atoms with Crippen LogP contribution in [0, 0.1) is 5.41 Å². The van der Waals surface area contributed by atoms with Gasteiger partial charge in [-0.05, 0) is 35.4 Å². The minimum absolute atomic E-state index is 0.00352. The lowest BCUT2D eigenvalue weighted by Gasteiger charge is -2.30. The minimum atomic E-state index is -5.83. The lowest BCUT2D eigenvalue weighted by Crippen LogP contribution is -2.46. The molecular formula is C38H51F2N9O22P4S. The number of rotatable bonds is 27. The smallest absolute Gasteiger partial charge is 0.386 e. The molecule has 1 saturated heterocycles. The van der Waals surface area contributed by atoms with Crippen molar-refractivity contribution in [1.29, 1.82) is 0 Å². The number of aliphatic hydroxyl groups is 2. The van der Waals surface area contributed by atoms with Crippen LogP contribution in [0.1, 0.15) is 55.3 Å². The van der Waals surface area contributed by atoms with E-state index in [1.54, 1.807) is 0 Å². The Hall–Kier alpha value is -4.79. The number of aromatic nitrogens is 4. The number of thioether (sulfide) groups is 1. The number of nitrogens with zero attached hydrogens (tertiary/aromatic N) is 4. The van der Waals surface area contributed by atoms with E-state index < -0.39 is 126 Å². The SMILES string of the molecule is CC(C)(COP(=O)(O)OP(=O)(O)OCC1OC(n2cnc3c(N)ncnc32)C(O)C1OP(=O)(O)O)C(O)C(=O)NCCC(=O)NCCSC(=O)CCC(NC(=O)c1ccc2cc(C(F)(F)P(=O)(O)O)ccc2c1)C(N)=O. The summed E-state index contributed by atoms with van der Waals surface area (Å²) in [4.78, 5) is 132. The average molecular weight is 1180 g/mol. The molecule has 2 aromatic heterocycles. The first kappa shape index (κ1) is 62.1. The molecular weight excluding hydrogens is 1130 g/mol. The van der Waals surface area contributed by atoms with Gasteiger partial charge in [0.05, 0.1) is 19.5 Å². The van der Waals surface area contributed by atoms with Crippen LogP contribution >= 0.6 is 42.8 Å². The average Bonchev–Trinajstić information content (AvgIpc) is 3.88. The van der Waals surface area contributed by atoms with E-state index in [4.69, 9.17) is 35.0 Å². The zero-order chi connectivity index (χ0) is 56.8. The number of carbonyl (C=O) groups excluding carboxylic acids is 5. The van der Waals surface area contributed by atoms with Crippen LogP contribution in [0.2, 0.25) is 0 Å². The number of carbonyl (C=O) groups is 5. The molecule has 15 N–H and O–H groups in total. The molecule has 0 bridgehead atoms. The molecule has 0 saturated carbocycles. The molecule has 4 aromatic rings. The number of phosphoric acid groups is 3. The highest BCUT2D eigenvalue weighted by Gasteiger charge is 2.51. The number of hydrogen-bond acceptors (Lipinski definition) is 21. The molecule has 3 heterocycles. The molecule has 8 unspecified atom stereocenters. The number of nitrogens with two attached hydrogens (primary N) is 2. The fourth-order valence-electron chi connectivity index (χ4n) is 6.90. The summed E-state index contributed by atoms with van der Waals surface area (Å²) in [7, 11) is -22.4. The van der Waals surface area contributed by atoms with E-state index in [1.807, 2.05) is 0 Å². The second-order valence-electron chi connectivity index (χ2n) is 17.1. The Morgan fingerprint density at radius 3 is 2.22 bits per heavy atom. The standard InChI is InChI=1S/C38H51F2N9O22P4S/c1-37(2,16-68-75(65,66)71-74(63,64)67-15-24-29(70-73(60,61)62)28(52)36(69-24)49-18-47-27-31(41)45-17-46-33(27)49)30(53)35(56)44-10-9-25(50)43-11-12-76-26(51)8-7-23(32(42)54)48-34(55)21-4-3-20-14-22(6-5-19(20)13-21)38(39,40)72(57,58)59/h3-6,13-14,17-18,23-24,28-30,36,52-53H,7-12,15-16H2,1-2H3,(H2,42,54)(H,43,50)(H,44,56)(H,48,55)(H,63,64)(H,65,66)(H2,41,45,46)(H2,57,58,59)(H2,60,61,62). The molecule has 1 aliphatic rings. The summed E-state index contributed by atoms with van der Waals surface area (Å²) in [6.07, 6.45) is -7.88. The van der Waals surface area contributed by atoms with Gasteiger partial charge in [-0.15, -0.1) is 0 Å². The lowest BCUT2D eigenvalue weighted by molar-refractivity contribution is -0.137. The fraction of sp³-hybridized carbons (Fsp3) is 0.474. The molecule has 31 nitrogen and oxygen atoms in total. The van der Waals surface area contributed by atoms with Crippen LogP contribution in [-0.4, -0.2) is 150 Å². The van der Waals surface area contributed by atoms with Crippen molar-refractivity contribution >= 4 is 99.3 Å². The largest absolute Gasteiger partial charge is 0.481 e. The predicted molar refractivity (Wildman–Crippen MR) is 257 cm³/mol. The number of nitrogen functional groups attached to an aromatic ring is 1. The number of alkyl halides is 2. The maximum Gasteiger partial charge on any atom is 0.481 e. The van der Waals surface area contributed by atoms with Gasteiger partial charge >= 0.3 is 36.7 Å². The first-order valence-electron chi connectivity index (χ1n) is 21.7. The minimum Gasteiger partial charge on any atom is -0.386 e. The number of ether oxygens (including phenoxy) is 1. The summed E-state index contributed by atoms with van der Waals surface area (Å²) < 4.78 is 102. The fourth-order valence-corrected chi connectivity index (χ4v) is 10.9. The third-order valence-corrected chi connectivity index (χ3v) is 15.9. The Morgan fingerprint density at radius 1 is 0.908 bits per heavy atom. The highest BCUT2D eigenvalue weighted by atomic mass is 32.2. The molecule has 0 aliphatic carbocycles. The molecule has 38 heteroatoms. The van der Waals surface area contributed by atoms with Crippen LogP contribution in [0.15, 0.2) is 49.1 Å². The first-order valence-corrected chi connectivity index (χ1v) is 28.9. The lowest BCUT2D eigenvalue weighted by atomic mass is 9.87. The Kier molecular flexibility index (Phi) is 20.3. The molecule has 0 radical (unpaired) electrons. The van der Waals surface area contributed by atoms with Gasteiger partial charge in [-0.3, -0.25) is 46.7 Å². The van der Waals surface area contributed by atoms with Crippen molar-refractivity contribution in [2.75, 3.05) is 37.8 Å². The van der Waals surface area contributed by atoms with Crippen LogP contribution < -0.4 is 27.4 Å². The second kappa shape index (κ2) is 24.9. The number of aliphatic hydroxyl groups excluding tert-OH is 2. The van der Waals surface area contributed by atoms with Crippen molar-refractivity contribution in [2.24, 2.45) is 11.1 Å². The Labute approximate surface area is 431 Å². The third-order valence-electron chi connectivity index (χ3n) is 10.9. The van der Waals surface area contributed by atoms with Crippen LogP contribution in [0.25, 0.3) is 21.9 Å². The van der Waals surface area contributed by atoms with Crippen molar-refractivity contribution in [1.82, 2.24) is 35.5 Å². The number of fused-ring (bicyclic) bond motifs is 2. The van der Waals surface area contributed by atoms with Crippen molar-refractivity contribution < 1.29 is 113 Å². The van der Waals surface area contributed by atoms with Crippen LogP contribution in [0.3, 0.4) is 0 Å². The number of phosphoric ester groups is 3. The van der Waals surface area contributed by atoms with E-state index in [2.05, 4.69) is 39.7 Å². The van der Waals surface area contributed by atoms with Crippen molar-refractivity contribution in [3.8, 4) is 0 Å². The molecule has 1 aliphatic heterocycles. The monoisotopic (exact) mass is 1180 g/mol. The maximum atomic E-state index is 14.2. The molecule has 5 rings (SSSR count). The van der Waals surface area contributed by atoms with Crippen molar-refractivity contribution in [2.45, 2.75) is 75.5 Å². The number of amides is 4. The van der Waals surface area contributed by atoms with E-state index in [0.717, 1.165) is 47.2 Å². The summed E-state index contributed by atoms with van der Waals surface area (Å²) in [6, 6.07) is 5.21. The quantitative estimate of drug-likeness (QED) is 0.0278. The molecule has 76 heavy (non-hydrogen) atoms. The number of primary amides is 1. The van der Waals surface area contributed by atoms with Gasteiger partial charge in [0.2, 0.25) is 17.7 Å². The summed E-state index contributed by atoms with van der Waals surface area (Å²) >= 11 is 0.778. The van der Waals surface area contributed by atoms with E-state index >= 15 is 0 Å². The van der Waals surface area contributed by atoms with Crippen LogP contribution in [-0.2, 0) is 65.7 Å². The summed E-state index contributed by atoms with van der Waals surface area (Å²) in [6.45, 7) is -0.146. The summed E-state index contributed by atoms with van der Waals surface area (Å²) in [5.74, 6) is -3.48. The van der Waals surface area contributed by atoms with E-state index in [9.17, 15) is 80.8 Å². The zero-order valence-corrected chi connectivity index (χ0v) is 43.8. The van der Waals surface area contributed by atoms with E-state index in [0.29, 0.717) is 0 Å². The molecule has 8 atom stereocenters. The summed E-state index contributed by atoms with van der Waals surface area (Å²) in [5.41, 5.74) is 4.10. The van der Waals surface area contributed by atoms with Crippen LogP contribution in [0.4, 0.5) is 14.6 Å². The number of nitrogens with one attached hydrogen (secondary N) is 3. The topological polar surface area (TPSA) is 493 Å². The van der Waals surface area contributed by atoms with Gasteiger partial charge < -0.3 is 71.7 Å². The normalized spacial score (nSPS) is 19.8. The first-order chi connectivity index (χ1) is 35.1. The molecule has 1 fully saturated rings. The number of halogens is 2. The summed E-state index contributed by atoms with van der Waals surface area (Å²) in [5, 5.41) is 28.7. The molecule has 420 valence electrons. The van der Waals surface area contributed by atoms with Gasteiger partial charge in [0.1, 0.15) is 42.3 Å². The number of benzene rings is 2. The number of hydrogen-bond donors (Lipinski definition) is 13. The highest BCUT2D eigenvalue weighted by molar-refractivity contribution is 8.13. The number of anilines is 1. The second-order valence-corrected chi connectivity index (χ2v) is 24.2. The molecule has 2 aromatic carbocycles. The van der Waals surface area contributed by atoms with Gasteiger partial charge in [0.15, 0.2) is 22.8 Å². The molecule has 0 spiro atoms. The van der Waals surface area contributed by atoms with Gasteiger partial charge in [0.25, 0.3) is 5.91 Å². The predicted octanol–water partition coefficient (Wildman–Crippen LogP) is 0.109. The van der Waals surface area contributed by atoms with Gasteiger partial charge in [-0.2, -0.15) is 13.1 Å². The van der Waals surface area contributed by atoms with Crippen molar-refractivity contribution in [3.05, 3.63) is 60.2 Å². The van der Waals surface area contributed by atoms with Gasteiger partial charge in [0, 0.05) is 48.2 Å². The zero-order valence-electron chi connectivity index (χ0n) is 39.4. The maximum absolute atomic E-state index is 14.2. The Morgan fingerprint density at radius 2 is 1.57 bits per heavy atom. The number of imidazole rings is 1. The highest BCUT2D eigenvalue weighted by Crippen LogP contribution is 2.62. The molecule has 4 amide bonds. The van der Waals surface area contributed by atoms with Gasteiger partial charge in [-0.1, -0.05) is 43.8 Å². The Bertz CT molecular complexity index is 3020. The van der Waals surface area contributed by atoms with Crippen LogP contribution in [0.5, 0.6) is 0 Å². The van der Waals surface area contributed by atoms with E-state index in [-0.39, 0.29) is 71.4 Å².